The predicted octanol–water partition coefficient (Wildman–Crippen LogP) is 5.22. The van der Waals surface area contributed by atoms with E-state index in [9.17, 15) is 4.79 Å². The number of anilines is 2. The van der Waals surface area contributed by atoms with Crippen molar-refractivity contribution in [1.29, 1.82) is 0 Å². The molecule has 5 aromatic rings. The van der Waals surface area contributed by atoms with Gasteiger partial charge < -0.3 is 19.0 Å². The van der Waals surface area contributed by atoms with Gasteiger partial charge in [0.05, 0.1) is 12.8 Å². The molecule has 4 heterocycles. The summed E-state index contributed by atoms with van der Waals surface area (Å²) in [6, 6.07) is 22.7. The van der Waals surface area contributed by atoms with Crippen molar-refractivity contribution < 1.29 is 13.9 Å². The number of carbonyl (C=O) groups excluding carboxylic acids is 1. The molecular formula is C30H29N5O3. The van der Waals surface area contributed by atoms with Crippen LogP contribution in [0.15, 0.2) is 77.3 Å². The molecule has 1 aliphatic heterocycles. The molecule has 2 aromatic carbocycles. The highest BCUT2D eigenvalue weighted by atomic mass is 16.5. The highest BCUT2D eigenvalue weighted by Gasteiger charge is 2.24. The van der Waals surface area contributed by atoms with Crippen molar-refractivity contribution in [2.45, 2.75) is 19.3 Å². The van der Waals surface area contributed by atoms with Gasteiger partial charge in [-0.15, -0.1) is 5.10 Å². The van der Waals surface area contributed by atoms with Crippen LogP contribution in [0.4, 0.5) is 11.4 Å². The van der Waals surface area contributed by atoms with Gasteiger partial charge in [-0.1, -0.05) is 24.3 Å². The van der Waals surface area contributed by atoms with Crippen molar-refractivity contribution in [2.24, 2.45) is 5.92 Å². The summed E-state index contributed by atoms with van der Waals surface area (Å²) in [6.45, 7) is 4.33. The normalized spacial score (nSPS) is 18.1. The van der Waals surface area contributed by atoms with Crippen LogP contribution in [0.3, 0.4) is 0 Å². The number of rotatable bonds is 6. The topological polar surface area (TPSA) is 76.1 Å². The molecule has 3 aromatic heterocycles. The van der Waals surface area contributed by atoms with Crippen LogP contribution in [0.1, 0.15) is 19.3 Å². The largest absolute Gasteiger partial charge is 0.476 e. The van der Waals surface area contributed by atoms with E-state index < -0.39 is 0 Å². The summed E-state index contributed by atoms with van der Waals surface area (Å²) in [5.41, 5.74) is 4.80. The number of para-hydroxylation sites is 1. The monoisotopic (exact) mass is 507 g/mol. The average Bonchev–Trinajstić information content (AvgIpc) is 3.70. The molecule has 192 valence electrons. The van der Waals surface area contributed by atoms with Crippen molar-refractivity contribution in [3.8, 4) is 17.3 Å². The van der Waals surface area contributed by atoms with Gasteiger partial charge in [0, 0.05) is 67.8 Å². The second kappa shape index (κ2) is 9.52. The molecule has 1 aliphatic carbocycles. The third kappa shape index (κ3) is 4.26. The third-order valence-electron chi connectivity index (χ3n) is 7.69. The van der Waals surface area contributed by atoms with Crippen LogP contribution < -0.4 is 14.5 Å². The van der Waals surface area contributed by atoms with Gasteiger partial charge in [0.2, 0.25) is 5.88 Å². The summed E-state index contributed by atoms with van der Waals surface area (Å²) in [5.74, 6) is 1.82. The number of furan rings is 1. The Kier molecular flexibility index (Phi) is 5.72. The summed E-state index contributed by atoms with van der Waals surface area (Å²) in [5, 5.41) is 5.77. The Bertz CT molecular complexity index is 1600. The van der Waals surface area contributed by atoms with Crippen LogP contribution in [0.25, 0.3) is 28.1 Å². The fraction of sp³-hybridized carbons (Fsp3) is 0.300. The van der Waals surface area contributed by atoms with Crippen LogP contribution in [-0.2, 0) is 4.79 Å². The molecule has 2 fully saturated rings. The van der Waals surface area contributed by atoms with Gasteiger partial charge in [0.1, 0.15) is 17.1 Å². The Labute approximate surface area is 220 Å². The van der Waals surface area contributed by atoms with Gasteiger partial charge in [-0.2, -0.15) is 0 Å². The van der Waals surface area contributed by atoms with Gasteiger partial charge in [-0.3, -0.25) is 4.79 Å². The Hall–Kier alpha value is -4.33. The molecule has 8 heteroatoms. The van der Waals surface area contributed by atoms with E-state index in [1.165, 1.54) is 11.4 Å². The van der Waals surface area contributed by atoms with E-state index in [1.54, 1.807) is 10.7 Å². The fourth-order valence-electron chi connectivity index (χ4n) is 5.63. The molecule has 0 unspecified atom stereocenters. The van der Waals surface area contributed by atoms with E-state index in [0.29, 0.717) is 36.9 Å². The first kappa shape index (κ1) is 22.8. The van der Waals surface area contributed by atoms with Crippen molar-refractivity contribution >= 4 is 33.8 Å². The second-order valence-electron chi connectivity index (χ2n) is 10.2. The maximum atomic E-state index is 11.6. The number of fused-ring (bicyclic) bond motifs is 2. The Morgan fingerprint density at radius 3 is 2.61 bits per heavy atom. The average molecular weight is 508 g/mol. The zero-order valence-electron chi connectivity index (χ0n) is 21.1. The molecule has 0 N–H and O–H groups in total. The number of Topliss-reactive ketones (excluding diaryl/α,β-unsaturated/α-hetero) is 1. The SMILES string of the molecule is O=C1CC[C@H](COc2ccc3ncc(-c4cc5c(N6CCN(c7ccccc7)CC6)cccc5o4)n3n2)C1. The first-order valence-electron chi connectivity index (χ1n) is 13.3. The van der Waals surface area contributed by atoms with Crippen LogP contribution in [0.5, 0.6) is 5.88 Å². The number of piperazine rings is 1. The van der Waals surface area contributed by atoms with Crippen LogP contribution in [0, 0.1) is 5.92 Å². The predicted molar refractivity (Wildman–Crippen MR) is 147 cm³/mol. The number of ketones is 1. The zero-order valence-corrected chi connectivity index (χ0v) is 21.1. The van der Waals surface area contributed by atoms with Crippen molar-refractivity contribution in [1.82, 2.24) is 14.6 Å². The van der Waals surface area contributed by atoms with Gasteiger partial charge in [-0.05, 0) is 42.8 Å². The van der Waals surface area contributed by atoms with Gasteiger partial charge in [0.25, 0.3) is 0 Å². The lowest BCUT2D eigenvalue weighted by molar-refractivity contribution is -0.117. The summed E-state index contributed by atoms with van der Waals surface area (Å²) >= 11 is 0. The molecule has 0 bridgehead atoms. The first-order valence-corrected chi connectivity index (χ1v) is 13.3. The minimum absolute atomic E-state index is 0.269. The Balaban J connectivity index is 1.13. The second-order valence-corrected chi connectivity index (χ2v) is 10.2. The molecule has 38 heavy (non-hydrogen) atoms. The van der Waals surface area contributed by atoms with Crippen molar-refractivity contribution in [3.05, 3.63) is 72.9 Å². The van der Waals surface area contributed by atoms with Gasteiger partial charge >= 0.3 is 0 Å². The number of aromatic nitrogens is 3. The molecule has 7 rings (SSSR count). The van der Waals surface area contributed by atoms with Gasteiger partial charge in [0.15, 0.2) is 11.4 Å². The minimum atomic E-state index is 0.269. The van der Waals surface area contributed by atoms with Crippen molar-refractivity contribution in [2.75, 3.05) is 42.6 Å². The number of ether oxygens (including phenoxy) is 1. The Morgan fingerprint density at radius 2 is 1.79 bits per heavy atom. The number of hydrogen-bond acceptors (Lipinski definition) is 7. The highest BCUT2D eigenvalue weighted by Crippen LogP contribution is 2.35. The fourth-order valence-corrected chi connectivity index (χ4v) is 5.63. The van der Waals surface area contributed by atoms with Crippen LogP contribution in [-0.4, -0.2) is 53.2 Å². The summed E-state index contributed by atoms with van der Waals surface area (Å²) in [6.07, 6.45) is 3.93. The maximum absolute atomic E-state index is 11.6. The van der Waals surface area contributed by atoms with Crippen LogP contribution >= 0.6 is 0 Å². The molecule has 2 aliphatic rings. The number of nitrogens with zero attached hydrogens (tertiary/aromatic N) is 5. The van der Waals surface area contributed by atoms with E-state index in [-0.39, 0.29) is 5.92 Å². The lowest BCUT2D eigenvalue weighted by atomic mass is 10.1. The number of imidazole rings is 1. The van der Waals surface area contributed by atoms with Gasteiger partial charge in [-0.25, -0.2) is 9.50 Å². The number of carbonyl (C=O) groups is 1. The van der Waals surface area contributed by atoms with E-state index in [0.717, 1.165) is 54.9 Å². The summed E-state index contributed by atoms with van der Waals surface area (Å²) in [4.78, 5) is 21.0. The standard InChI is InChI=1S/C30H29N5O3/c36-23-10-9-21(17-23)20-37-30-12-11-29-31-19-26(35(29)32-30)28-18-24-25(7-4-8-27(24)38-28)34-15-13-33(14-16-34)22-5-2-1-3-6-22/h1-8,11-12,18-19,21H,9-10,13-17,20H2/t21-/m0/s1. The molecule has 1 saturated heterocycles. The summed E-state index contributed by atoms with van der Waals surface area (Å²) in [7, 11) is 0. The molecule has 0 spiro atoms. The quantitative estimate of drug-likeness (QED) is 0.312. The zero-order chi connectivity index (χ0) is 25.5. The molecule has 1 atom stereocenters. The molecule has 1 saturated carbocycles. The third-order valence-corrected chi connectivity index (χ3v) is 7.69. The molecule has 0 amide bonds. The highest BCUT2D eigenvalue weighted by molar-refractivity contribution is 5.94. The smallest absolute Gasteiger partial charge is 0.231 e. The minimum Gasteiger partial charge on any atom is -0.476 e. The maximum Gasteiger partial charge on any atom is 0.231 e. The van der Waals surface area contributed by atoms with Crippen LogP contribution in [0.2, 0.25) is 0 Å². The molecule has 0 radical (unpaired) electrons. The summed E-state index contributed by atoms with van der Waals surface area (Å²) < 4.78 is 14.0. The lowest BCUT2D eigenvalue weighted by Crippen LogP contribution is -2.46. The van der Waals surface area contributed by atoms with Crippen molar-refractivity contribution in [3.63, 3.8) is 0 Å². The molecule has 8 nitrogen and oxygen atoms in total. The number of hydrogen-bond donors (Lipinski definition) is 0. The Morgan fingerprint density at radius 1 is 0.947 bits per heavy atom. The number of benzene rings is 2. The lowest BCUT2D eigenvalue weighted by Gasteiger charge is -2.37. The van der Waals surface area contributed by atoms with E-state index in [1.807, 2.05) is 18.2 Å². The first-order chi connectivity index (χ1) is 18.7. The van der Waals surface area contributed by atoms with E-state index in [2.05, 4.69) is 68.4 Å². The van der Waals surface area contributed by atoms with E-state index in [4.69, 9.17) is 9.15 Å². The molecular weight excluding hydrogens is 478 g/mol. The van der Waals surface area contributed by atoms with E-state index >= 15 is 0 Å².